The SMILES string of the molecule is SC1C2C=CC1c1ccccc12. The van der Waals surface area contributed by atoms with E-state index < -0.39 is 0 Å². The van der Waals surface area contributed by atoms with Gasteiger partial charge in [-0.1, -0.05) is 36.4 Å². The number of hydrogen-bond donors (Lipinski definition) is 1. The van der Waals surface area contributed by atoms with Gasteiger partial charge in [0, 0.05) is 17.1 Å². The third kappa shape index (κ3) is 0.656. The topological polar surface area (TPSA) is 0 Å². The largest absolute Gasteiger partial charge is 0.174 e. The fourth-order valence-corrected chi connectivity index (χ4v) is 2.90. The van der Waals surface area contributed by atoms with Crippen molar-refractivity contribution >= 4 is 12.6 Å². The molecule has 1 heteroatoms. The van der Waals surface area contributed by atoms with E-state index in [0.29, 0.717) is 17.1 Å². The van der Waals surface area contributed by atoms with Gasteiger partial charge in [0.15, 0.2) is 0 Å². The minimum Gasteiger partial charge on any atom is -0.174 e. The molecule has 0 N–H and O–H groups in total. The Balaban J connectivity index is 2.25. The molecule has 60 valence electrons. The molecule has 2 aliphatic carbocycles. The van der Waals surface area contributed by atoms with Gasteiger partial charge >= 0.3 is 0 Å². The molecule has 3 rings (SSSR count). The molecule has 2 atom stereocenters. The van der Waals surface area contributed by atoms with Crippen molar-refractivity contribution in [3.05, 3.63) is 47.5 Å². The lowest BCUT2D eigenvalue weighted by Gasteiger charge is -2.07. The van der Waals surface area contributed by atoms with E-state index in [9.17, 15) is 0 Å². The van der Waals surface area contributed by atoms with Crippen molar-refractivity contribution in [2.45, 2.75) is 17.1 Å². The summed E-state index contributed by atoms with van der Waals surface area (Å²) in [6.45, 7) is 0. The maximum atomic E-state index is 4.63. The van der Waals surface area contributed by atoms with E-state index in [2.05, 4.69) is 49.0 Å². The average molecular weight is 174 g/mol. The van der Waals surface area contributed by atoms with Crippen LogP contribution in [0.5, 0.6) is 0 Å². The zero-order valence-electron chi connectivity index (χ0n) is 6.64. The zero-order valence-corrected chi connectivity index (χ0v) is 7.54. The monoisotopic (exact) mass is 174 g/mol. The van der Waals surface area contributed by atoms with Crippen LogP contribution in [0.4, 0.5) is 0 Å². The number of hydrogen-bond acceptors (Lipinski definition) is 1. The summed E-state index contributed by atoms with van der Waals surface area (Å²) in [5, 5.41) is 0.502. The molecule has 0 saturated carbocycles. The van der Waals surface area contributed by atoms with Gasteiger partial charge in [-0.3, -0.25) is 0 Å². The molecule has 0 spiro atoms. The van der Waals surface area contributed by atoms with E-state index in [0.717, 1.165) is 0 Å². The minimum atomic E-state index is 0.502. The molecule has 0 nitrogen and oxygen atoms in total. The first-order chi connectivity index (χ1) is 5.88. The Labute approximate surface area is 77.7 Å². The summed E-state index contributed by atoms with van der Waals surface area (Å²) >= 11 is 4.63. The van der Waals surface area contributed by atoms with Crippen molar-refractivity contribution in [2.75, 3.05) is 0 Å². The Morgan fingerprint density at radius 1 is 0.917 bits per heavy atom. The highest BCUT2D eigenvalue weighted by Gasteiger charge is 2.39. The molecule has 1 aromatic carbocycles. The summed E-state index contributed by atoms with van der Waals surface area (Å²) < 4.78 is 0. The predicted octanol–water partition coefficient (Wildman–Crippen LogP) is 2.74. The number of rotatable bonds is 0. The molecule has 2 aliphatic rings. The van der Waals surface area contributed by atoms with Crippen LogP contribution in [-0.4, -0.2) is 5.25 Å². The van der Waals surface area contributed by atoms with Crippen LogP contribution in [0.2, 0.25) is 0 Å². The number of fused-ring (bicyclic) bond motifs is 5. The van der Waals surface area contributed by atoms with Gasteiger partial charge in [0.2, 0.25) is 0 Å². The van der Waals surface area contributed by atoms with E-state index in [4.69, 9.17) is 0 Å². The summed E-state index contributed by atoms with van der Waals surface area (Å²) in [6.07, 6.45) is 4.59. The summed E-state index contributed by atoms with van der Waals surface area (Å²) in [5.41, 5.74) is 2.98. The Hall–Kier alpha value is -0.690. The lowest BCUT2D eigenvalue weighted by molar-refractivity contribution is 0.833. The van der Waals surface area contributed by atoms with E-state index in [-0.39, 0.29) is 0 Å². The first-order valence-corrected chi connectivity index (χ1v) is 4.85. The Kier molecular flexibility index (Phi) is 1.23. The van der Waals surface area contributed by atoms with Gasteiger partial charge in [0.05, 0.1) is 0 Å². The molecule has 0 aliphatic heterocycles. The van der Waals surface area contributed by atoms with Crippen LogP contribution in [0.1, 0.15) is 23.0 Å². The van der Waals surface area contributed by atoms with Gasteiger partial charge in [0.1, 0.15) is 0 Å². The minimum absolute atomic E-state index is 0.502. The second-order valence-electron chi connectivity index (χ2n) is 3.56. The maximum Gasteiger partial charge on any atom is 0.0224 e. The summed E-state index contributed by atoms with van der Waals surface area (Å²) in [7, 11) is 0. The highest BCUT2D eigenvalue weighted by Crippen LogP contribution is 2.50. The van der Waals surface area contributed by atoms with Crippen molar-refractivity contribution in [1.29, 1.82) is 0 Å². The lowest BCUT2D eigenvalue weighted by Crippen LogP contribution is -2.01. The Bertz CT molecular complexity index is 321. The molecular weight excluding hydrogens is 164 g/mol. The van der Waals surface area contributed by atoms with Crippen LogP contribution >= 0.6 is 12.6 Å². The van der Waals surface area contributed by atoms with Gasteiger partial charge in [-0.2, -0.15) is 12.6 Å². The molecule has 12 heavy (non-hydrogen) atoms. The van der Waals surface area contributed by atoms with Crippen molar-refractivity contribution < 1.29 is 0 Å². The van der Waals surface area contributed by atoms with E-state index in [1.807, 2.05) is 0 Å². The smallest absolute Gasteiger partial charge is 0.0224 e. The second kappa shape index (κ2) is 2.17. The highest BCUT2D eigenvalue weighted by atomic mass is 32.1. The lowest BCUT2D eigenvalue weighted by atomic mass is 9.97. The van der Waals surface area contributed by atoms with Gasteiger partial charge in [-0.25, -0.2) is 0 Å². The highest BCUT2D eigenvalue weighted by molar-refractivity contribution is 7.81. The standard InChI is InChI=1S/C11H10S/c12-11-9-5-6-10(11)8-4-2-1-3-7(8)9/h1-6,9-12H. The zero-order chi connectivity index (χ0) is 8.13. The van der Waals surface area contributed by atoms with Crippen LogP contribution in [0, 0.1) is 0 Å². The molecular formula is C11H10S. The van der Waals surface area contributed by atoms with Gasteiger partial charge in [-0.05, 0) is 11.1 Å². The molecule has 0 saturated heterocycles. The predicted molar refractivity (Wildman–Crippen MR) is 53.8 cm³/mol. The van der Waals surface area contributed by atoms with Gasteiger partial charge in [0.25, 0.3) is 0 Å². The molecule has 0 heterocycles. The first kappa shape index (κ1) is 6.79. The molecule has 2 bridgehead atoms. The fourth-order valence-electron chi connectivity index (χ4n) is 2.38. The third-order valence-electron chi connectivity index (χ3n) is 2.98. The molecule has 0 amide bonds. The Morgan fingerprint density at radius 3 is 1.92 bits per heavy atom. The van der Waals surface area contributed by atoms with Crippen LogP contribution in [-0.2, 0) is 0 Å². The summed E-state index contributed by atoms with van der Waals surface area (Å²) in [6, 6.07) is 8.70. The van der Waals surface area contributed by atoms with Crippen molar-refractivity contribution in [2.24, 2.45) is 0 Å². The number of benzene rings is 1. The van der Waals surface area contributed by atoms with Crippen LogP contribution in [0.15, 0.2) is 36.4 Å². The van der Waals surface area contributed by atoms with E-state index in [1.54, 1.807) is 0 Å². The Morgan fingerprint density at radius 2 is 1.42 bits per heavy atom. The van der Waals surface area contributed by atoms with Crippen LogP contribution in [0.3, 0.4) is 0 Å². The normalized spacial score (nSPS) is 35.6. The molecule has 0 radical (unpaired) electrons. The van der Waals surface area contributed by atoms with Crippen LogP contribution in [0.25, 0.3) is 0 Å². The molecule has 2 unspecified atom stereocenters. The number of allylic oxidation sites excluding steroid dienone is 2. The van der Waals surface area contributed by atoms with Crippen molar-refractivity contribution in [3.8, 4) is 0 Å². The van der Waals surface area contributed by atoms with Crippen LogP contribution < -0.4 is 0 Å². The maximum absolute atomic E-state index is 4.63. The van der Waals surface area contributed by atoms with Gasteiger partial charge in [-0.15, -0.1) is 0 Å². The second-order valence-corrected chi connectivity index (χ2v) is 4.15. The van der Waals surface area contributed by atoms with E-state index in [1.165, 1.54) is 11.1 Å². The van der Waals surface area contributed by atoms with Crippen molar-refractivity contribution in [1.82, 2.24) is 0 Å². The molecule has 0 fully saturated rings. The third-order valence-corrected chi connectivity index (χ3v) is 3.62. The number of thiol groups is 1. The quantitative estimate of drug-likeness (QED) is 0.454. The van der Waals surface area contributed by atoms with Crippen molar-refractivity contribution in [3.63, 3.8) is 0 Å². The molecule has 0 aromatic heterocycles. The summed E-state index contributed by atoms with van der Waals surface area (Å²) in [5.74, 6) is 1.16. The molecule has 1 aromatic rings. The summed E-state index contributed by atoms with van der Waals surface area (Å²) in [4.78, 5) is 0. The first-order valence-electron chi connectivity index (χ1n) is 4.33. The fraction of sp³-hybridized carbons (Fsp3) is 0.273. The van der Waals surface area contributed by atoms with Gasteiger partial charge < -0.3 is 0 Å². The average Bonchev–Trinajstić information content (AvgIpc) is 2.61. The van der Waals surface area contributed by atoms with E-state index >= 15 is 0 Å².